The molecule has 1 aliphatic heterocycles. The predicted molar refractivity (Wildman–Crippen MR) is 68.6 cm³/mol. The molecule has 1 aliphatic rings. The number of aryl methyl sites for hydroxylation is 1. The number of hydrogen-bond donors (Lipinski definition) is 1. The minimum atomic E-state index is -0.317. The van der Waals surface area contributed by atoms with E-state index in [1.807, 2.05) is 31.2 Å². The van der Waals surface area contributed by atoms with Crippen molar-refractivity contribution in [3.05, 3.63) is 35.4 Å². The molecule has 96 valence electrons. The Balaban J connectivity index is 2.10. The maximum atomic E-state index is 11.8. The van der Waals surface area contributed by atoms with Crippen molar-refractivity contribution in [2.75, 3.05) is 6.54 Å². The first kappa shape index (κ1) is 12.8. The van der Waals surface area contributed by atoms with Crippen molar-refractivity contribution >= 4 is 11.8 Å². The molecule has 1 saturated heterocycles. The summed E-state index contributed by atoms with van der Waals surface area (Å²) in [4.78, 5) is 24.8. The van der Waals surface area contributed by atoms with Crippen LogP contribution < -0.4 is 5.73 Å². The molecular formula is C14H18N2O2. The van der Waals surface area contributed by atoms with Gasteiger partial charge in [-0.3, -0.25) is 14.5 Å². The van der Waals surface area contributed by atoms with E-state index in [-0.39, 0.29) is 30.3 Å². The summed E-state index contributed by atoms with van der Waals surface area (Å²) >= 11 is 0. The number of rotatable bonds is 3. The molecular weight excluding hydrogens is 228 g/mol. The van der Waals surface area contributed by atoms with Gasteiger partial charge in [0.2, 0.25) is 11.8 Å². The van der Waals surface area contributed by atoms with Crippen LogP contribution in [0, 0.1) is 12.8 Å². The van der Waals surface area contributed by atoms with Gasteiger partial charge in [0.1, 0.15) is 0 Å². The Hall–Kier alpha value is -1.68. The second kappa shape index (κ2) is 4.90. The van der Waals surface area contributed by atoms with E-state index >= 15 is 0 Å². The highest BCUT2D eigenvalue weighted by molar-refractivity contribution is 6.03. The Morgan fingerprint density at radius 2 is 2.17 bits per heavy atom. The summed E-state index contributed by atoms with van der Waals surface area (Å²) in [7, 11) is 0. The van der Waals surface area contributed by atoms with E-state index < -0.39 is 0 Å². The molecule has 18 heavy (non-hydrogen) atoms. The van der Waals surface area contributed by atoms with Gasteiger partial charge in [-0.1, -0.05) is 36.8 Å². The Kier molecular flexibility index (Phi) is 3.48. The number of carbonyl (C=O) groups is 2. The molecule has 0 aromatic heterocycles. The fraction of sp³-hybridized carbons (Fsp3) is 0.429. The van der Waals surface area contributed by atoms with Gasteiger partial charge in [-0.05, 0) is 12.5 Å². The molecule has 2 unspecified atom stereocenters. The molecule has 0 bridgehead atoms. The van der Waals surface area contributed by atoms with Crippen LogP contribution >= 0.6 is 0 Å². The number of benzene rings is 1. The molecule has 2 atom stereocenters. The van der Waals surface area contributed by atoms with Crippen LogP contribution in [0.15, 0.2) is 24.3 Å². The summed E-state index contributed by atoms with van der Waals surface area (Å²) in [5.74, 6) is -0.430. The number of imide groups is 1. The highest BCUT2D eigenvalue weighted by Gasteiger charge is 2.36. The van der Waals surface area contributed by atoms with Crippen LogP contribution in [0.25, 0.3) is 0 Å². The zero-order valence-corrected chi connectivity index (χ0v) is 10.7. The van der Waals surface area contributed by atoms with Crippen LogP contribution in [-0.2, 0) is 9.59 Å². The minimum absolute atomic E-state index is 0.108. The lowest BCUT2D eigenvalue weighted by molar-refractivity contribution is -0.139. The summed E-state index contributed by atoms with van der Waals surface area (Å²) < 4.78 is 0. The topological polar surface area (TPSA) is 63.4 Å². The Morgan fingerprint density at radius 1 is 1.44 bits per heavy atom. The standard InChI is InChI=1S/C14H18N2O2/c1-9-4-3-5-11(6-9)12(15)8-16-13(17)7-10(2)14(16)18/h3-6,10,12H,7-8,15H2,1-2H3. The van der Waals surface area contributed by atoms with Crippen molar-refractivity contribution in [1.29, 1.82) is 0 Å². The van der Waals surface area contributed by atoms with E-state index in [9.17, 15) is 9.59 Å². The van der Waals surface area contributed by atoms with Gasteiger partial charge in [-0.25, -0.2) is 0 Å². The number of carbonyl (C=O) groups excluding carboxylic acids is 2. The Labute approximate surface area is 107 Å². The zero-order valence-electron chi connectivity index (χ0n) is 10.7. The first-order valence-electron chi connectivity index (χ1n) is 6.15. The number of hydrogen-bond acceptors (Lipinski definition) is 3. The molecule has 2 N–H and O–H groups in total. The average molecular weight is 246 g/mol. The average Bonchev–Trinajstić information content (AvgIpc) is 2.56. The third kappa shape index (κ3) is 2.43. The third-order valence-electron chi connectivity index (χ3n) is 3.32. The summed E-state index contributed by atoms with van der Waals surface area (Å²) in [6.45, 7) is 4.04. The molecule has 0 aliphatic carbocycles. The monoisotopic (exact) mass is 246 g/mol. The van der Waals surface area contributed by atoms with Crippen LogP contribution in [0.1, 0.15) is 30.5 Å². The van der Waals surface area contributed by atoms with Gasteiger partial charge >= 0.3 is 0 Å². The second-order valence-electron chi connectivity index (χ2n) is 4.97. The lowest BCUT2D eigenvalue weighted by Gasteiger charge is -2.20. The normalized spacial score (nSPS) is 21.5. The third-order valence-corrected chi connectivity index (χ3v) is 3.32. The molecule has 2 rings (SSSR count). The largest absolute Gasteiger partial charge is 0.322 e. The molecule has 2 amide bonds. The Morgan fingerprint density at radius 3 is 2.72 bits per heavy atom. The second-order valence-corrected chi connectivity index (χ2v) is 4.97. The van der Waals surface area contributed by atoms with E-state index in [4.69, 9.17) is 5.73 Å². The first-order valence-corrected chi connectivity index (χ1v) is 6.15. The van der Waals surface area contributed by atoms with Crippen LogP contribution in [0.5, 0.6) is 0 Å². The number of nitrogens with two attached hydrogens (primary N) is 1. The predicted octanol–water partition coefficient (Wildman–Crippen LogP) is 1.39. The summed E-state index contributed by atoms with van der Waals surface area (Å²) in [5.41, 5.74) is 8.14. The molecule has 1 aromatic carbocycles. The molecule has 1 fully saturated rings. The Bertz CT molecular complexity index is 484. The highest BCUT2D eigenvalue weighted by Crippen LogP contribution is 2.22. The van der Waals surface area contributed by atoms with E-state index in [0.29, 0.717) is 6.42 Å². The summed E-state index contributed by atoms with van der Waals surface area (Å²) in [6, 6.07) is 7.51. The molecule has 0 saturated carbocycles. The van der Waals surface area contributed by atoms with Gasteiger partial charge in [0.15, 0.2) is 0 Å². The van der Waals surface area contributed by atoms with Crippen LogP contribution in [0.3, 0.4) is 0 Å². The molecule has 4 heteroatoms. The van der Waals surface area contributed by atoms with Crippen molar-refractivity contribution in [1.82, 2.24) is 4.90 Å². The molecule has 1 heterocycles. The zero-order chi connectivity index (χ0) is 13.3. The fourth-order valence-electron chi connectivity index (χ4n) is 2.24. The van der Waals surface area contributed by atoms with Gasteiger partial charge in [0.05, 0.1) is 0 Å². The molecule has 0 spiro atoms. The van der Waals surface area contributed by atoms with E-state index in [1.165, 1.54) is 4.90 Å². The van der Waals surface area contributed by atoms with Gasteiger partial charge in [0.25, 0.3) is 0 Å². The molecule has 0 radical (unpaired) electrons. The molecule has 4 nitrogen and oxygen atoms in total. The fourth-order valence-corrected chi connectivity index (χ4v) is 2.24. The maximum absolute atomic E-state index is 11.8. The van der Waals surface area contributed by atoms with E-state index in [0.717, 1.165) is 11.1 Å². The van der Waals surface area contributed by atoms with Gasteiger partial charge in [-0.2, -0.15) is 0 Å². The van der Waals surface area contributed by atoms with Crippen LogP contribution in [0.2, 0.25) is 0 Å². The number of likely N-dealkylation sites (tertiary alicyclic amines) is 1. The highest BCUT2D eigenvalue weighted by atomic mass is 16.2. The summed E-state index contributed by atoms with van der Waals surface area (Å²) in [5, 5.41) is 0. The summed E-state index contributed by atoms with van der Waals surface area (Å²) in [6.07, 6.45) is 0.305. The minimum Gasteiger partial charge on any atom is -0.322 e. The van der Waals surface area contributed by atoms with Crippen molar-refractivity contribution in [3.8, 4) is 0 Å². The van der Waals surface area contributed by atoms with E-state index in [1.54, 1.807) is 6.92 Å². The van der Waals surface area contributed by atoms with Crippen molar-refractivity contribution < 1.29 is 9.59 Å². The lowest BCUT2D eigenvalue weighted by atomic mass is 10.0. The quantitative estimate of drug-likeness (QED) is 0.820. The van der Waals surface area contributed by atoms with Crippen molar-refractivity contribution in [3.63, 3.8) is 0 Å². The van der Waals surface area contributed by atoms with Crippen LogP contribution in [-0.4, -0.2) is 23.3 Å². The SMILES string of the molecule is Cc1cccc(C(N)CN2C(=O)CC(C)C2=O)c1. The van der Waals surface area contributed by atoms with Crippen molar-refractivity contribution in [2.45, 2.75) is 26.3 Å². The van der Waals surface area contributed by atoms with Crippen molar-refractivity contribution in [2.24, 2.45) is 11.7 Å². The lowest BCUT2D eigenvalue weighted by Crippen LogP contribution is -2.36. The van der Waals surface area contributed by atoms with E-state index in [2.05, 4.69) is 0 Å². The van der Waals surface area contributed by atoms with Gasteiger partial charge in [0, 0.05) is 24.9 Å². The van der Waals surface area contributed by atoms with Gasteiger partial charge in [-0.15, -0.1) is 0 Å². The number of nitrogens with zero attached hydrogens (tertiary/aromatic N) is 1. The maximum Gasteiger partial charge on any atom is 0.232 e. The number of amides is 2. The smallest absolute Gasteiger partial charge is 0.232 e. The first-order chi connectivity index (χ1) is 8.49. The molecule has 1 aromatic rings. The van der Waals surface area contributed by atoms with Crippen LogP contribution in [0.4, 0.5) is 0 Å². The van der Waals surface area contributed by atoms with Gasteiger partial charge < -0.3 is 5.73 Å².